The van der Waals surface area contributed by atoms with E-state index in [0.717, 1.165) is 12.1 Å². The minimum Gasteiger partial charge on any atom is -0.481 e. The number of rotatable bonds is 4. The van der Waals surface area contributed by atoms with Crippen molar-refractivity contribution >= 4 is 23.5 Å². The standard InChI is InChI=1S/C15H15ClF3NO4/c16-11-6-9(5-10(7-11)15(17,18)19)12(21)20-8-14(13(22)23)1-3-24-4-2-14/h5-7H,1-4,8H2,(H,20,21)(H,22,23). The molecule has 0 aromatic heterocycles. The number of carboxylic acid groups (broad SMARTS) is 1. The molecule has 1 aliphatic heterocycles. The van der Waals surface area contributed by atoms with Crippen LogP contribution in [0.3, 0.4) is 0 Å². The molecule has 2 N–H and O–H groups in total. The van der Waals surface area contributed by atoms with Gasteiger partial charge in [-0.15, -0.1) is 0 Å². The molecule has 1 aliphatic rings. The smallest absolute Gasteiger partial charge is 0.416 e. The molecule has 1 saturated heterocycles. The normalized spacial score (nSPS) is 17.3. The molecule has 0 spiro atoms. The molecule has 5 nitrogen and oxygen atoms in total. The molecule has 0 saturated carbocycles. The number of hydrogen-bond acceptors (Lipinski definition) is 3. The maximum Gasteiger partial charge on any atom is 0.416 e. The summed E-state index contributed by atoms with van der Waals surface area (Å²) in [4.78, 5) is 23.6. The molecule has 2 rings (SSSR count). The van der Waals surface area contributed by atoms with Gasteiger partial charge in [0.15, 0.2) is 0 Å². The van der Waals surface area contributed by atoms with Crippen LogP contribution in [0.5, 0.6) is 0 Å². The Morgan fingerprint density at radius 3 is 2.42 bits per heavy atom. The lowest BCUT2D eigenvalue weighted by molar-refractivity contribution is -0.154. The van der Waals surface area contributed by atoms with Gasteiger partial charge in [0, 0.05) is 30.3 Å². The number of alkyl halides is 3. The second-order valence-corrected chi connectivity index (χ2v) is 6.04. The number of aliphatic carboxylic acids is 1. The van der Waals surface area contributed by atoms with Crippen LogP contribution in [0, 0.1) is 5.41 Å². The molecule has 1 aromatic rings. The van der Waals surface area contributed by atoms with E-state index in [4.69, 9.17) is 16.3 Å². The van der Waals surface area contributed by atoms with Crippen LogP contribution in [0.2, 0.25) is 5.02 Å². The summed E-state index contributed by atoms with van der Waals surface area (Å²) in [5.41, 5.74) is -2.50. The van der Waals surface area contributed by atoms with Crippen molar-refractivity contribution in [3.63, 3.8) is 0 Å². The number of halogens is 4. The summed E-state index contributed by atoms with van der Waals surface area (Å²) < 4.78 is 43.4. The number of carboxylic acids is 1. The molecule has 1 amide bonds. The Bertz CT molecular complexity index is 642. The van der Waals surface area contributed by atoms with Gasteiger partial charge in [-0.3, -0.25) is 9.59 Å². The zero-order valence-electron chi connectivity index (χ0n) is 12.5. The highest BCUT2D eigenvalue weighted by Crippen LogP contribution is 2.32. The molecule has 0 radical (unpaired) electrons. The quantitative estimate of drug-likeness (QED) is 0.860. The first-order valence-corrected chi connectivity index (χ1v) is 7.49. The highest BCUT2D eigenvalue weighted by Gasteiger charge is 2.40. The molecule has 0 aliphatic carbocycles. The Hall–Kier alpha value is -1.80. The van der Waals surface area contributed by atoms with Crippen LogP contribution >= 0.6 is 11.6 Å². The summed E-state index contributed by atoms with van der Waals surface area (Å²) in [6, 6.07) is 2.50. The fraction of sp³-hybridized carbons (Fsp3) is 0.467. The predicted octanol–water partition coefficient (Wildman–Crippen LogP) is 2.97. The van der Waals surface area contributed by atoms with E-state index in [2.05, 4.69) is 5.32 Å². The molecule has 1 fully saturated rings. The number of ether oxygens (including phenoxy) is 1. The first-order chi connectivity index (χ1) is 11.1. The van der Waals surface area contributed by atoms with E-state index >= 15 is 0 Å². The Morgan fingerprint density at radius 2 is 1.88 bits per heavy atom. The highest BCUT2D eigenvalue weighted by molar-refractivity contribution is 6.31. The maximum absolute atomic E-state index is 12.8. The molecule has 132 valence electrons. The van der Waals surface area contributed by atoms with Crippen molar-refractivity contribution in [1.82, 2.24) is 5.32 Å². The average Bonchev–Trinajstić information content (AvgIpc) is 2.52. The minimum atomic E-state index is -4.64. The van der Waals surface area contributed by atoms with E-state index in [1.165, 1.54) is 0 Å². The molecule has 24 heavy (non-hydrogen) atoms. The van der Waals surface area contributed by atoms with E-state index in [1.807, 2.05) is 0 Å². The third-order valence-electron chi connectivity index (χ3n) is 3.98. The van der Waals surface area contributed by atoms with Crippen LogP contribution in [-0.2, 0) is 15.7 Å². The Balaban J connectivity index is 2.15. The number of carbonyl (C=O) groups is 2. The predicted molar refractivity (Wildman–Crippen MR) is 78.9 cm³/mol. The molecular formula is C15H15ClF3NO4. The fourth-order valence-electron chi connectivity index (χ4n) is 2.46. The average molecular weight is 366 g/mol. The van der Waals surface area contributed by atoms with Crippen LogP contribution in [0.4, 0.5) is 13.2 Å². The molecule has 0 unspecified atom stereocenters. The van der Waals surface area contributed by atoms with Gasteiger partial charge in [-0.2, -0.15) is 13.2 Å². The third-order valence-corrected chi connectivity index (χ3v) is 4.20. The molecule has 0 atom stereocenters. The second-order valence-electron chi connectivity index (χ2n) is 5.61. The molecule has 0 bridgehead atoms. The summed E-state index contributed by atoms with van der Waals surface area (Å²) in [5.74, 6) is -1.89. The summed E-state index contributed by atoms with van der Waals surface area (Å²) in [7, 11) is 0. The van der Waals surface area contributed by atoms with Gasteiger partial charge in [-0.1, -0.05) is 11.6 Å². The Morgan fingerprint density at radius 1 is 1.25 bits per heavy atom. The van der Waals surface area contributed by atoms with Gasteiger partial charge in [-0.25, -0.2) is 0 Å². The maximum atomic E-state index is 12.8. The van der Waals surface area contributed by atoms with E-state index in [9.17, 15) is 27.9 Å². The summed E-state index contributed by atoms with van der Waals surface area (Å²) >= 11 is 5.64. The highest BCUT2D eigenvalue weighted by atomic mass is 35.5. The van der Waals surface area contributed by atoms with Gasteiger partial charge in [-0.05, 0) is 31.0 Å². The van der Waals surface area contributed by atoms with Crippen molar-refractivity contribution in [2.75, 3.05) is 19.8 Å². The van der Waals surface area contributed by atoms with E-state index in [0.29, 0.717) is 6.07 Å². The Labute approximate surface area is 140 Å². The topological polar surface area (TPSA) is 75.6 Å². The fourth-order valence-corrected chi connectivity index (χ4v) is 2.70. The zero-order valence-corrected chi connectivity index (χ0v) is 13.2. The number of amides is 1. The lowest BCUT2D eigenvalue weighted by Crippen LogP contribution is -2.46. The van der Waals surface area contributed by atoms with Crippen molar-refractivity contribution in [2.24, 2.45) is 5.41 Å². The number of carbonyl (C=O) groups excluding carboxylic acids is 1. The molecule has 1 aromatic carbocycles. The molecule has 1 heterocycles. The Kier molecular flexibility index (Phi) is 5.39. The van der Waals surface area contributed by atoms with Crippen molar-refractivity contribution in [1.29, 1.82) is 0 Å². The lowest BCUT2D eigenvalue weighted by atomic mass is 9.80. The van der Waals surface area contributed by atoms with Crippen LogP contribution in [0.15, 0.2) is 18.2 Å². The van der Waals surface area contributed by atoms with E-state index in [-0.39, 0.29) is 43.2 Å². The van der Waals surface area contributed by atoms with Crippen LogP contribution in [0.25, 0.3) is 0 Å². The molecular weight excluding hydrogens is 351 g/mol. The second kappa shape index (κ2) is 6.98. The van der Waals surface area contributed by atoms with Crippen molar-refractivity contribution in [3.8, 4) is 0 Å². The van der Waals surface area contributed by atoms with Crippen molar-refractivity contribution in [3.05, 3.63) is 34.3 Å². The first-order valence-electron chi connectivity index (χ1n) is 7.11. The molecule has 9 heteroatoms. The van der Waals surface area contributed by atoms with Gasteiger partial charge in [0.2, 0.25) is 0 Å². The van der Waals surface area contributed by atoms with Gasteiger partial charge in [0.05, 0.1) is 11.0 Å². The van der Waals surface area contributed by atoms with Gasteiger partial charge < -0.3 is 15.2 Å². The van der Waals surface area contributed by atoms with Crippen molar-refractivity contribution < 1.29 is 32.6 Å². The minimum absolute atomic E-state index is 0.196. The SMILES string of the molecule is O=C(NCC1(C(=O)O)CCOCC1)c1cc(Cl)cc(C(F)(F)F)c1. The number of benzene rings is 1. The lowest BCUT2D eigenvalue weighted by Gasteiger charge is -2.33. The van der Waals surface area contributed by atoms with Crippen molar-refractivity contribution in [2.45, 2.75) is 19.0 Å². The van der Waals surface area contributed by atoms with Crippen LogP contribution in [-0.4, -0.2) is 36.7 Å². The monoisotopic (exact) mass is 365 g/mol. The number of nitrogens with one attached hydrogen (secondary N) is 1. The van der Waals surface area contributed by atoms with E-state index in [1.54, 1.807) is 0 Å². The summed E-state index contributed by atoms with van der Waals surface area (Å²) in [6.07, 6.45) is -4.21. The van der Waals surface area contributed by atoms with Crippen LogP contribution in [0.1, 0.15) is 28.8 Å². The van der Waals surface area contributed by atoms with Gasteiger partial charge in [0.25, 0.3) is 5.91 Å². The first kappa shape index (κ1) is 18.5. The largest absolute Gasteiger partial charge is 0.481 e. The van der Waals surface area contributed by atoms with Gasteiger partial charge in [0.1, 0.15) is 0 Å². The summed E-state index contributed by atoms with van der Waals surface area (Å²) in [6.45, 7) is 0.299. The third kappa shape index (κ3) is 4.18. The zero-order chi connectivity index (χ0) is 18.0. The van der Waals surface area contributed by atoms with Crippen LogP contribution < -0.4 is 5.32 Å². The van der Waals surface area contributed by atoms with E-state index < -0.39 is 29.0 Å². The summed E-state index contributed by atoms with van der Waals surface area (Å²) in [5, 5.41) is 11.6. The number of hydrogen-bond donors (Lipinski definition) is 2. The van der Waals surface area contributed by atoms with Gasteiger partial charge >= 0.3 is 12.1 Å².